The number of nitrogens with one attached hydrogen (secondary N) is 1. The fraction of sp³-hybridized carbons (Fsp3) is 0.316. The minimum atomic E-state index is -0.151. The molecular weight excluding hydrogens is 346 g/mol. The second kappa shape index (κ2) is 7.01. The van der Waals surface area contributed by atoms with Gasteiger partial charge in [0.15, 0.2) is 0 Å². The first kappa shape index (κ1) is 16.9. The molecule has 4 rings (SSSR count). The Labute approximate surface area is 156 Å². The first-order chi connectivity index (χ1) is 12.6. The van der Waals surface area contributed by atoms with Crippen molar-refractivity contribution in [2.24, 2.45) is 0 Å². The Morgan fingerprint density at radius 1 is 1.31 bits per heavy atom. The summed E-state index contributed by atoms with van der Waals surface area (Å²) in [4.78, 5) is 26.4. The van der Waals surface area contributed by atoms with Gasteiger partial charge in [-0.2, -0.15) is 0 Å². The van der Waals surface area contributed by atoms with Crippen molar-refractivity contribution < 1.29 is 4.79 Å². The molecule has 26 heavy (non-hydrogen) atoms. The van der Waals surface area contributed by atoms with E-state index in [-0.39, 0.29) is 5.91 Å². The highest BCUT2D eigenvalue weighted by Gasteiger charge is 2.24. The van der Waals surface area contributed by atoms with E-state index in [0.717, 1.165) is 35.4 Å². The van der Waals surface area contributed by atoms with E-state index in [1.807, 2.05) is 36.5 Å². The summed E-state index contributed by atoms with van der Waals surface area (Å²) in [6, 6.07) is 10.1. The van der Waals surface area contributed by atoms with Crippen LogP contribution >= 0.6 is 11.3 Å². The van der Waals surface area contributed by atoms with E-state index in [4.69, 9.17) is 0 Å². The number of carbonyl (C=O) groups is 1. The molecule has 0 aliphatic carbocycles. The maximum atomic E-state index is 12.5. The molecule has 3 aromatic rings. The maximum absolute atomic E-state index is 12.5. The third-order valence-corrected chi connectivity index (χ3v) is 5.85. The van der Waals surface area contributed by atoms with Crippen LogP contribution in [0.2, 0.25) is 0 Å². The standard InChI is InChI=1S/C19H21N5OS/c1-23(2)14-7-9-24(12-14)13-5-6-18(21-11-13)22-19(25)17-10-15-16(26-17)4-3-8-20-15/h3-6,8,10-11,14H,7,9,12H2,1-2H3,(H,21,22,25). The zero-order valence-corrected chi connectivity index (χ0v) is 15.7. The molecular formula is C19H21N5OS. The van der Waals surface area contributed by atoms with Crippen LogP contribution in [0.3, 0.4) is 0 Å². The zero-order chi connectivity index (χ0) is 18.1. The molecule has 1 atom stereocenters. The normalized spacial score (nSPS) is 17.2. The van der Waals surface area contributed by atoms with Gasteiger partial charge in [0.1, 0.15) is 5.82 Å². The fourth-order valence-corrected chi connectivity index (χ4v) is 4.12. The number of anilines is 2. The first-order valence-electron chi connectivity index (χ1n) is 8.63. The molecule has 1 saturated heterocycles. The Kier molecular flexibility index (Phi) is 4.57. The van der Waals surface area contributed by atoms with Crippen LogP contribution in [0.1, 0.15) is 16.1 Å². The van der Waals surface area contributed by atoms with Gasteiger partial charge in [0.2, 0.25) is 0 Å². The number of thiophene rings is 1. The van der Waals surface area contributed by atoms with Crippen molar-refractivity contribution in [2.45, 2.75) is 12.5 Å². The molecule has 1 N–H and O–H groups in total. The van der Waals surface area contributed by atoms with E-state index in [0.29, 0.717) is 16.7 Å². The largest absolute Gasteiger partial charge is 0.369 e. The number of rotatable bonds is 4. The molecule has 0 spiro atoms. The maximum Gasteiger partial charge on any atom is 0.266 e. The molecule has 1 aliphatic rings. The van der Waals surface area contributed by atoms with Crippen molar-refractivity contribution in [1.29, 1.82) is 0 Å². The van der Waals surface area contributed by atoms with Gasteiger partial charge in [-0.05, 0) is 50.8 Å². The average Bonchev–Trinajstić information content (AvgIpc) is 3.29. The lowest BCUT2D eigenvalue weighted by atomic mass is 10.2. The number of carbonyl (C=O) groups excluding carboxylic acids is 1. The van der Waals surface area contributed by atoms with E-state index >= 15 is 0 Å². The molecule has 1 aliphatic heterocycles. The van der Waals surface area contributed by atoms with Crippen molar-refractivity contribution in [2.75, 3.05) is 37.4 Å². The highest BCUT2D eigenvalue weighted by Crippen LogP contribution is 2.25. The molecule has 0 saturated carbocycles. The lowest BCUT2D eigenvalue weighted by Gasteiger charge is -2.21. The molecule has 134 valence electrons. The van der Waals surface area contributed by atoms with Gasteiger partial charge in [-0.3, -0.25) is 9.78 Å². The number of amides is 1. The number of likely N-dealkylation sites (N-methyl/N-ethyl adjacent to an activating group) is 1. The molecule has 4 heterocycles. The monoisotopic (exact) mass is 367 g/mol. The Balaban J connectivity index is 1.43. The van der Waals surface area contributed by atoms with E-state index in [1.54, 1.807) is 6.20 Å². The van der Waals surface area contributed by atoms with Gasteiger partial charge in [0.25, 0.3) is 5.91 Å². The van der Waals surface area contributed by atoms with Crippen LogP contribution < -0.4 is 10.2 Å². The summed E-state index contributed by atoms with van der Waals surface area (Å²) in [6.07, 6.45) is 4.72. The number of hydrogen-bond acceptors (Lipinski definition) is 6. The van der Waals surface area contributed by atoms with Gasteiger partial charge >= 0.3 is 0 Å². The summed E-state index contributed by atoms with van der Waals surface area (Å²) in [5, 5.41) is 2.87. The van der Waals surface area contributed by atoms with E-state index in [9.17, 15) is 4.79 Å². The lowest BCUT2D eigenvalue weighted by Crippen LogP contribution is -2.31. The van der Waals surface area contributed by atoms with Crippen LogP contribution in [0.5, 0.6) is 0 Å². The van der Waals surface area contributed by atoms with Crippen LogP contribution in [0.25, 0.3) is 10.2 Å². The summed E-state index contributed by atoms with van der Waals surface area (Å²) >= 11 is 1.44. The number of fused-ring (bicyclic) bond motifs is 1. The van der Waals surface area contributed by atoms with Gasteiger partial charge in [-0.25, -0.2) is 4.98 Å². The minimum absolute atomic E-state index is 0.151. The Bertz CT molecular complexity index is 888. The highest BCUT2D eigenvalue weighted by atomic mass is 32.1. The lowest BCUT2D eigenvalue weighted by molar-refractivity contribution is 0.103. The predicted octanol–water partition coefficient (Wildman–Crippen LogP) is 3.08. The molecule has 7 heteroatoms. The Hall–Kier alpha value is -2.51. The van der Waals surface area contributed by atoms with Crippen LogP contribution in [-0.2, 0) is 0 Å². The van der Waals surface area contributed by atoms with Gasteiger partial charge in [0.05, 0.1) is 27.0 Å². The van der Waals surface area contributed by atoms with Crippen molar-refractivity contribution in [3.63, 3.8) is 0 Å². The highest BCUT2D eigenvalue weighted by molar-refractivity contribution is 7.20. The molecule has 0 bridgehead atoms. The van der Waals surface area contributed by atoms with E-state index in [2.05, 4.69) is 39.2 Å². The summed E-state index contributed by atoms with van der Waals surface area (Å²) in [6.45, 7) is 2.04. The first-order valence-corrected chi connectivity index (χ1v) is 9.45. The topological polar surface area (TPSA) is 61.4 Å². The Morgan fingerprint density at radius 2 is 2.19 bits per heavy atom. The average molecular weight is 367 g/mol. The van der Waals surface area contributed by atoms with Crippen molar-refractivity contribution in [1.82, 2.24) is 14.9 Å². The fourth-order valence-electron chi connectivity index (χ4n) is 3.20. The quantitative estimate of drug-likeness (QED) is 0.768. The smallest absolute Gasteiger partial charge is 0.266 e. The van der Waals surface area contributed by atoms with Crippen molar-refractivity contribution >= 4 is 39.0 Å². The van der Waals surface area contributed by atoms with Gasteiger partial charge in [0, 0.05) is 25.3 Å². The SMILES string of the molecule is CN(C)C1CCN(c2ccc(NC(=O)c3cc4ncccc4s3)nc2)C1. The van der Waals surface area contributed by atoms with Crippen molar-refractivity contribution in [3.8, 4) is 0 Å². The number of nitrogens with zero attached hydrogens (tertiary/aromatic N) is 4. The number of pyridine rings is 2. The summed E-state index contributed by atoms with van der Waals surface area (Å²) in [7, 11) is 4.24. The van der Waals surface area contributed by atoms with Crippen molar-refractivity contribution in [3.05, 3.63) is 47.6 Å². The summed E-state index contributed by atoms with van der Waals surface area (Å²) < 4.78 is 1.01. The zero-order valence-electron chi connectivity index (χ0n) is 14.8. The predicted molar refractivity (Wildman–Crippen MR) is 106 cm³/mol. The second-order valence-corrected chi connectivity index (χ2v) is 7.79. The third kappa shape index (κ3) is 3.40. The summed E-state index contributed by atoms with van der Waals surface area (Å²) in [5.41, 5.74) is 1.94. The number of aromatic nitrogens is 2. The van der Waals surface area contributed by atoms with Gasteiger partial charge in [-0.15, -0.1) is 11.3 Å². The summed E-state index contributed by atoms with van der Waals surface area (Å²) in [5.74, 6) is 0.412. The van der Waals surface area contributed by atoms with Crippen LogP contribution in [0.15, 0.2) is 42.7 Å². The number of hydrogen-bond donors (Lipinski definition) is 1. The molecule has 1 unspecified atom stereocenters. The molecule has 0 radical (unpaired) electrons. The second-order valence-electron chi connectivity index (χ2n) is 6.71. The molecule has 6 nitrogen and oxygen atoms in total. The van der Waals surface area contributed by atoms with Gasteiger partial charge in [-0.1, -0.05) is 0 Å². The molecule has 1 amide bonds. The minimum Gasteiger partial charge on any atom is -0.369 e. The van der Waals surface area contributed by atoms with Crippen LogP contribution in [0, 0.1) is 0 Å². The van der Waals surface area contributed by atoms with Gasteiger partial charge < -0.3 is 15.1 Å². The van der Waals surface area contributed by atoms with Crippen LogP contribution in [0.4, 0.5) is 11.5 Å². The third-order valence-electron chi connectivity index (χ3n) is 4.76. The Morgan fingerprint density at radius 3 is 2.88 bits per heavy atom. The molecule has 0 aromatic carbocycles. The van der Waals surface area contributed by atoms with E-state index < -0.39 is 0 Å². The van der Waals surface area contributed by atoms with E-state index in [1.165, 1.54) is 11.3 Å². The molecule has 1 fully saturated rings. The van der Waals surface area contributed by atoms with Crippen LogP contribution in [-0.4, -0.2) is 54.0 Å². The molecule has 3 aromatic heterocycles.